The van der Waals surface area contributed by atoms with E-state index < -0.39 is 11.4 Å². The van der Waals surface area contributed by atoms with Gasteiger partial charge in [-0.15, -0.1) is 0 Å². The predicted octanol–water partition coefficient (Wildman–Crippen LogP) is 4.30. The molecule has 2 rings (SSSR count). The first-order valence-electron chi connectivity index (χ1n) is 6.60. The Morgan fingerprint density at radius 3 is 2.68 bits per heavy atom. The Balaban J connectivity index is 2.26. The second kappa shape index (κ2) is 5.49. The molecule has 104 valence electrons. The van der Waals surface area contributed by atoms with Gasteiger partial charge in [-0.3, -0.25) is 4.79 Å². The summed E-state index contributed by atoms with van der Waals surface area (Å²) in [5, 5.41) is 9.99. The molecule has 0 bridgehead atoms. The van der Waals surface area contributed by atoms with E-state index in [1.165, 1.54) is 12.1 Å². The van der Waals surface area contributed by atoms with E-state index in [9.17, 15) is 14.3 Å². The van der Waals surface area contributed by atoms with Crippen LogP contribution in [0, 0.1) is 17.2 Å². The summed E-state index contributed by atoms with van der Waals surface area (Å²) >= 11 is 5.87. The Hall–Kier alpha value is -1.09. The molecule has 1 aromatic rings. The summed E-state index contributed by atoms with van der Waals surface area (Å²) in [4.78, 5) is 11.6. The SMILES string of the molecule is CC1CCC(Cc2cc(Cl)ccc2F)(C(=O)O)CC1. The highest BCUT2D eigenvalue weighted by Crippen LogP contribution is 2.42. The van der Waals surface area contributed by atoms with Gasteiger partial charge in [0.2, 0.25) is 0 Å². The number of aliphatic carboxylic acids is 1. The Bertz CT molecular complexity index is 479. The number of carboxylic acids is 1. The predicted molar refractivity (Wildman–Crippen MR) is 72.8 cm³/mol. The van der Waals surface area contributed by atoms with Gasteiger partial charge in [-0.2, -0.15) is 0 Å². The van der Waals surface area contributed by atoms with Crippen molar-refractivity contribution in [2.45, 2.75) is 39.0 Å². The average Bonchev–Trinajstić information content (AvgIpc) is 2.36. The molecule has 1 saturated carbocycles. The molecule has 0 amide bonds. The maximum atomic E-state index is 13.8. The topological polar surface area (TPSA) is 37.3 Å². The second-order valence-electron chi connectivity index (χ2n) is 5.68. The lowest BCUT2D eigenvalue weighted by atomic mass is 9.68. The molecule has 2 nitrogen and oxygen atoms in total. The van der Waals surface area contributed by atoms with E-state index in [2.05, 4.69) is 6.92 Å². The van der Waals surface area contributed by atoms with Crippen LogP contribution < -0.4 is 0 Å². The Kier molecular flexibility index (Phi) is 4.14. The van der Waals surface area contributed by atoms with Gasteiger partial charge in [0, 0.05) is 5.02 Å². The first kappa shape index (κ1) is 14.3. The van der Waals surface area contributed by atoms with Crippen LogP contribution in [0.25, 0.3) is 0 Å². The molecule has 1 aromatic carbocycles. The van der Waals surface area contributed by atoms with Crippen molar-refractivity contribution < 1.29 is 14.3 Å². The van der Waals surface area contributed by atoms with Crippen LogP contribution in [0.5, 0.6) is 0 Å². The van der Waals surface area contributed by atoms with E-state index in [1.807, 2.05) is 0 Å². The Morgan fingerprint density at radius 2 is 2.11 bits per heavy atom. The van der Waals surface area contributed by atoms with Crippen LogP contribution in [0.4, 0.5) is 4.39 Å². The zero-order valence-electron chi connectivity index (χ0n) is 11.0. The van der Waals surface area contributed by atoms with Crippen LogP contribution in [-0.2, 0) is 11.2 Å². The van der Waals surface area contributed by atoms with Crippen molar-refractivity contribution in [3.8, 4) is 0 Å². The molecule has 0 aromatic heterocycles. The highest BCUT2D eigenvalue weighted by atomic mass is 35.5. The summed E-state index contributed by atoms with van der Waals surface area (Å²) in [6.07, 6.45) is 3.20. The smallest absolute Gasteiger partial charge is 0.309 e. The zero-order chi connectivity index (χ0) is 14.0. The molecule has 4 heteroatoms. The number of carbonyl (C=O) groups is 1. The van der Waals surface area contributed by atoms with Crippen LogP contribution in [0.15, 0.2) is 18.2 Å². The fourth-order valence-electron chi connectivity index (χ4n) is 2.82. The summed E-state index contributed by atoms with van der Waals surface area (Å²) in [6.45, 7) is 2.13. The minimum atomic E-state index is -0.835. The molecule has 1 N–H and O–H groups in total. The van der Waals surface area contributed by atoms with Crippen molar-refractivity contribution in [2.75, 3.05) is 0 Å². The lowest BCUT2D eigenvalue weighted by Crippen LogP contribution is -2.37. The minimum Gasteiger partial charge on any atom is -0.481 e. The van der Waals surface area contributed by atoms with Gasteiger partial charge >= 0.3 is 5.97 Å². The maximum Gasteiger partial charge on any atom is 0.309 e. The van der Waals surface area contributed by atoms with Gasteiger partial charge in [0.25, 0.3) is 0 Å². The first-order valence-corrected chi connectivity index (χ1v) is 6.98. The molecular weight excluding hydrogens is 267 g/mol. The minimum absolute atomic E-state index is 0.224. The molecule has 1 fully saturated rings. The van der Waals surface area contributed by atoms with E-state index >= 15 is 0 Å². The quantitative estimate of drug-likeness (QED) is 0.898. The van der Waals surface area contributed by atoms with Crippen LogP contribution >= 0.6 is 11.6 Å². The molecule has 0 aliphatic heterocycles. The van der Waals surface area contributed by atoms with Gasteiger partial charge in [0.1, 0.15) is 5.82 Å². The third-order valence-corrected chi connectivity index (χ3v) is 4.46. The molecule has 1 aliphatic carbocycles. The molecule has 19 heavy (non-hydrogen) atoms. The number of benzene rings is 1. The molecule has 0 spiro atoms. The Morgan fingerprint density at radius 1 is 1.47 bits per heavy atom. The van der Waals surface area contributed by atoms with E-state index in [0.717, 1.165) is 12.8 Å². The van der Waals surface area contributed by atoms with Crippen molar-refractivity contribution in [3.63, 3.8) is 0 Å². The van der Waals surface area contributed by atoms with Gasteiger partial charge < -0.3 is 5.11 Å². The van der Waals surface area contributed by atoms with E-state index in [-0.39, 0.29) is 12.2 Å². The molecule has 1 aliphatic rings. The van der Waals surface area contributed by atoms with Gasteiger partial charge in [-0.1, -0.05) is 18.5 Å². The number of halogens is 2. The molecule has 0 unspecified atom stereocenters. The van der Waals surface area contributed by atoms with E-state index in [1.54, 1.807) is 6.07 Å². The van der Waals surface area contributed by atoms with Gasteiger partial charge in [-0.05, 0) is 61.8 Å². The van der Waals surface area contributed by atoms with Gasteiger partial charge in [-0.25, -0.2) is 4.39 Å². The van der Waals surface area contributed by atoms with E-state index in [4.69, 9.17) is 11.6 Å². The summed E-state index contributed by atoms with van der Waals surface area (Å²) in [6, 6.07) is 4.33. The van der Waals surface area contributed by atoms with E-state index in [0.29, 0.717) is 29.3 Å². The number of hydrogen-bond acceptors (Lipinski definition) is 1. The molecule has 0 radical (unpaired) electrons. The first-order chi connectivity index (χ1) is 8.93. The van der Waals surface area contributed by atoms with Crippen molar-refractivity contribution in [1.29, 1.82) is 0 Å². The maximum absolute atomic E-state index is 13.8. The van der Waals surface area contributed by atoms with Crippen LogP contribution in [-0.4, -0.2) is 11.1 Å². The number of hydrogen-bond donors (Lipinski definition) is 1. The van der Waals surface area contributed by atoms with Crippen molar-refractivity contribution in [3.05, 3.63) is 34.6 Å². The summed E-state index contributed by atoms with van der Waals surface area (Å²) < 4.78 is 13.8. The van der Waals surface area contributed by atoms with Crippen molar-refractivity contribution in [2.24, 2.45) is 11.3 Å². The summed E-state index contributed by atoms with van der Waals surface area (Å²) in [7, 11) is 0. The lowest BCUT2D eigenvalue weighted by molar-refractivity contribution is -0.151. The monoisotopic (exact) mass is 284 g/mol. The van der Waals surface area contributed by atoms with Crippen LogP contribution in [0.1, 0.15) is 38.2 Å². The highest BCUT2D eigenvalue weighted by Gasteiger charge is 2.41. The lowest BCUT2D eigenvalue weighted by Gasteiger charge is -2.36. The van der Waals surface area contributed by atoms with Crippen LogP contribution in [0.2, 0.25) is 5.02 Å². The van der Waals surface area contributed by atoms with Gasteiger partial charge in [0.05, 0.1) is 5.41 Å². The van der Waals surface area contributed by atoms with Crippen molar-refractivity contribution in [1.82, 2.24) is 0 Å². The normalized spacial score (nSPS) is 27.2. The molecule has 0 saturated heterocycles. The number of carboxylic acid groups (broad SMARTS) is 1. The third kappa shape index (κ3) is 3.08. The largest absolute Gasteiger partial charge is 0.481 e. The average molecular weight is 285 g/mol. The fraction of sp³-hybridized carbons (Fsp3) is 0.533. The molecule has 0 atom stereocenters. The molecule has 0 heterocycles. The summed E-state index contributed by atoms with van der Waals surface area (Å²) in [5.74, 6) is -0.640. The third-order valence-electron chi connectivity index (χ3n) is 4.22. The fourth-order valence-corrected chi connectivity index (χ4v) is 3.02. The molecular formula is C15H18ClFO2. The highest BCUT2D eigenvalue weighted by molar-refractivity contribution is 6.30. The number of rotatable bonds is 3. The Labute approximate surface area is 117 Å². The standard InChI is InChI=1S/C15H18ClFO2/c1-10-4-6-15(7-5-10,14(18)19)9-11-8-12(16)2-3-13(11)17/h2-3,8,10H,4-7,9H2,1H3,(H,18,19). The van der Waals surface area contributed by atoms with Crippen molar-refractivity contribution >= 4 is 17.6 Å². The summed E-state index contributed by atoms with van der Waals surface area (Å²) in [5.41, 5.74) is -0.428. The van der Waals surface area contributed by atoms with Crippen LogP contribution in [0.3, 0.4) is 0 Å². The van der Waals surface area contributed by atoms with Gasteiger partial charge in [0.15, 0.2) is 0 Å². The second-order valence-corrected chi connectivity index (χ2v) is 6.12. The zero-order valence-corrected chi connectivity index (χ0v) is 11.7.